The van der Waals surface area contributed by atoms with E-state index in [0.717, 1.165) is 29.0 Å². The van der Waals surface area contributed by atoms with Gasteiger partial charge in [0.1, 0.15) is 17.6 Å². The molecule has 0 amide bonds. The Bertz CT molecular complexity index is 639. The number of ether oxygens (including phenoxy) is 2. The van der Waals surface area contributed by atoms with Crippen LogP contribution in [0.25, 0.3) is 0 Å². The van der Waals surface area contributed by atoms with Gasteiger partial charge in [-0.3, -0.25) is 0 Å². The molecule has 2 atom stereocenters. The highest BCUT2D eigenvalue weighted by molar-refractivity contribution is 5.43. The third kappa shape index (κ3) is 2.74. The number of fused-ring (bicyclic) bond motifs is 1. The van der Waals surface area contributed by atoms with Crippen LogP contribution in [-0.2, 0) is 0 Å². The smallest absolute Gasteiger partial charge is 0.129 e. The molecular weight excluding hydrogens is 262 g/mol. The Morgan fingerprint density at radius 3 is 2.81 bits per heavy atom. The van der Waals surface area contributed by atoms with Gasteiger partial charge in [0.15, 0.2) is 0 Å². The standard InChI is InChI=1S/C18H21NO2/c1-3-20-16-7-5-4-6-13(16)18-11-15(19)14-10-12(2)8-9-17(14)21-18/h4-10,15,18H,3,11,19H2,1-2H3. The quantitative estimate of drug-likeness (QED) is 0.928. The molecule has 0 saturated carbocycles. The Balaban J connectivity index is 1.94. The molecule has 0 bridgehead atoms. The van der Waals surface area contributed by atoms with E-state index < -0.39 is 0 Å². The van der Waals surface area contributed by atoms with Gasteiger partial charge in [0, 0.05) is 23.6 Å². The highest BCUT2D eigenvalue weighted by Gasteiger charge is 2.28. The molecule has 3 rings (SSSR count). The maximum atomic E-state index is 6.35. The van der Waals surface area contributed by atoms with Gasteiger partial charge in [-0.2, -0.15) is 0 Å². The molecule has 2 aromatic carbocycles. The second-order valence-corrected chi connectivity index (χ2v) is 5.46. The second kappa shape index (κ2) is 5.78. The maximum absolute atomic E-state index is 6.35. The normalized spacial score (nSPS) is 20.5. The number of rotatable bonds is 3. The van der Waals surface area contributed by atoms with Crippen LogP contribution in [0.5, 0.6) is 11.5 Å². The van der Waals surface area contributed by atoms with E-state index in [-0.39, 0.29) is 12.1 Å². The molecule has 0 saturated heterocycles. The van der Waals surface area contributed by atoms with Gasteiger partial charge in [0.05, 0.1) is 6.61 Å². The van der Waals surface area contributed by atoms with Gasteiger partial charge in [-0.15, -0.1) is 0 Å². The van der Waals surface area contributed by atoms with E-state index >= 15 is 0 Å². The molecule has 2 aromatic rings. The second-order valence-electron chi connectivity index (χ2n) is 5.46. The molecule has 1 aliphatic rings. The summed E-state index contributed by atoms with van der Waals surface area (Å²) >= 11 is 0. The van der Waals surface area contributed by atoms with Crippen LogP contribution in [0.2, 0.25) is 0 Å². The fraction of sp³-hybridized carbons (Fsp3) is 0.333. The third-order valence-electron chi connectivity index (χ3n) is 3.87. The maximum Gasteiger partial charge on any atom is 0.129 e. The third-order valence-corrected chi connectivity index (χ3v) is 3.87. The largest absolute Gasteiger partial charge is 0.493 e. The van der Waals surface area contributed by atoms with Crippen molar-refractivity contribution in [2.75, 3.05) is 6.61 Å². The first kappa shape index (κ1) is 14.0. The molecule has 21 heavy (non-hydrogen) atoms. The molecule has 0 fully saturated rings. The van der Waals surface area contributed by atoms with Gasteiger partial charge in [0.25, 0.3) is 0 Å². The van der Waals surface area contributed by atoms with E-state index in [4.69, 9.17) is 15.2 Å². The lowest BCUT2D eigenvalue weighted by atomic mass is 9.92. The van der Waals surface area contributed by atoms with Crippen molar-refractivity contribution in [2.45, 2.75) is 32.4 Å². The fourth-order valence-corrected chi connectivity index (χ4v) is 2.85. The van der Waals surface area contributed by atoms with Crippen LogP contribution in [0.1, 0.15) is 42.2 Å². The van der Waals surface area contributed by atoms with Gasteiger partial charge in [-0.05, 0) is 26.0 Å². The molecular formula is C18H21NO2. The van der Waals surface area contributed by atoms with E-state index in [2.05, 4.69) is 25.1 Å². The predicted molar refractivity (Wildman–Crippen MR) is 83.7 cm³/mol. The molecule has 1 heterocycles. The van der Waals surface area contributed by atoms with Crippen LogP contribution < -0.4 is 15.2 Å². The van der Waals surface area contributed by atoms with Gasteiger partial charge < -0.3 is 15.2 Å². The fourth-order valence-electron chi connectivity index (χ4n) is 2.85. The predicted octanol–water partition coefficient (Wildman–Crippen LogP) is 3.92. The molecule has 0 radical (unpaired) electrons. The van der Waals surface area contributed by atoms with E-state index in [9.17, 15) is 0 Å². The van der Waals surface area contributed by atoms with Gasteiger partial charge in [0.2, 0.25) is 0 Å². The highest BCUT2D eigenvalue weighted by atomic mass is 16.5. The SMILES string of the molecule is CCOc1ccccc1C1CC(N)c2cc(C)ccc2O1. The Kier molecular flexibility index (Phi) is 3.84. The van der Waals surface area contributed by atoms with Crippen molar-refractivity contribution in [3.63, 3.8) is 0 Å². The lowest BCUT2D eigenvalue weighted by molar-refractivity contribution is 0.156. The van der Waals surface area contributed by atoms with Crippen molar-refractivity contribution in [2.24, 2.45) is 5.73 Å². The van der Waals surface area contributed by atoms with Crippen LogP contribution in [0, 0.1) is 6.92 Å². The van der Waals surface area contributed by atoms with E-state index in [1.807, 2.05) is 31.2 Å². The zero-order valence-electron chi connectivity index (χ0n) is 12.5. The van der Waals surface area contributed by atoms with Crippen molar-refractivity contribution in [1.29, 1.82) is 0 Å². The summed E-state index contributed by atoms with van der Waals surface area (Å²) in [4.78, 5) is 0. The number of hydrogen-bond donors (Lipinski definition) is 1. The number of nitrogens with two attached hydrogens (primary N) is 1. The molecule has 0 aliphatic carbocycles. The Morgan fingerprint density at radius 1 is 1.19 bits per heavy atom. The van der Waals surface area contributed by atoms with Crippen molar-refractivity contribution < 1.29 is 9.47 Å². The molecule has 3 nitrogen and oxygen atoms in total. The molecule has 0 aromatic heterocycles. The van der Waals surface area contributed by atoms with Crippen molar-refractivity contribution in [1.82, 2.24) is 0 Å². The Morgan fingerprint density at radius 2 is 2.00 bits per heavy atom. The van der Waals surface area contributed by atoms with E-state index in [1.54, 1.807) is 0 Å². The minimum atomic E-state index is -0.0574. The summed E-state index contributed by atoms with van der Waals surface area (Å²) in [6.07, 6.45) is 0.707. The number of para-hydroxylation sites is 1. The Hall–Kier alpha value is -2.00. The molecule has 0 spiro atoms. The van der Waals surface area contributed by atoms with E-state index in [0.29, 0.717) is 6.61 Å². The van der Waals surface area contributed by atoms with E-state index in [1.165, 1.54) is 5.56 Å². The monoisotopic (exact) mass is 283 g/mol. The lowest BCUT2D eigenvalue weighted by Gasteiger charge is -2.31. The molecule has 2 N–H and O–H groups in total. The van der Waals surface area contributed by atoms with Crippen LogP contribution in [-0.4, -0.2) is 6.61 Å². The average molecular weight is 283 g/mol. The summed E-state index contributed by atoms with van der Waals surface area (Å²) < 4.78 is 11.9. The molecule has 2 unspecified atom stereocenters. The minimum Gasteiger partial charge on any atom is -0.493 e. The summed E-state index contributed by atoms with van der Waals surface area (Å²) in [5.41, 5.74) is 9.72. The van der Waals surface area contributed by atoms with Crippen LogP contribution >= 0.6 is 0 Å². The molecule has 110 valence electrons. The molecule has 1 aliphatic heterocycles. The first-order chi connectivity index (χ1) is 10.2. The molecule has 3 heteroatoms. The van der Waals surface area contributed by atoms with Gasteiger partial charge >= 0.3 is 0 Å². The number of benzene rings is 2. The average Bonchev–Trinajstić information content (AvgIpc) is 2.49. The van der Waals surface area contributed by atoms with Crippen molar-refractivity contribution >= 4 is 0 Å². The van der Waals surface area contributed by atoms with Crippen molar-refractivity contribution in [3.05, 3.63) is 59.2 Å². The summed E-state index contributed by atoms with van der Waals surface area (Å²) in [6, 6.07) is 14.2. The zero-order valence-corrected chi connectivity index (χ0v) is 12.5. The van der Waals surface area contributed by atoms with Crippen LogP contribution in [0.4, 0.5) is 0 Å². The van der Waals surface area contributed by atoms with Crippen LogP contribution in [0.15, 0.2) is 42.5 Å². The number of aryl methyl sites for hydroxylation is 1. The highest BCUT2D eigenvalue weighted by Crippen LogP contribution is 2.42. The zero-order chi connectivity index (χ0) is 14.8. The van der Waals surface area contributed by atoms with Crippen LogP contribution in [0.3, 0.4) is 0 Å². The first-order valence-electron chi connectivity index (χ1n) is 7.43. The number of hydrogen-bond acceptors (Lipinski definition) is 3. The summed E-state index contributed by atoms with van der Waals surface area (Å²) in [5.74, 6) is 1.77. The van der Waals surface area contributed by atoms with Gasteiger partial charge in [-0.25, -0.2) is 0 Å². The minimum absolute atomic E-state index is 0.00617. The van der Waals surface area contributed by atoms with Gasteiger partial charge in [-0.1, -0.05) is 35.9 Å². The summed E-state index contributed by atoms with van der Waals surface area (Å²) in [6.45, 7) is 4.71. The van der Waals surface area contributed by atoms with Crippen molar-refractivity contribution in [3.8, 4) is 11.5 Å². The Labute approximate surface area is 125 Å². The summed E-state index contributed by atoms with van der Waals surface area (Å²) in [5, 5.41) is 0. The first-order valence-corrected chi connectivity index (χ1v) is 7.43. The topological polar surface area (TPSA) is 44.5 Å². The summed E-state index contributed by atoms with van der Waals surface area (Å²) in [7, 11) is 0. The lowest BCUT2D eigenvalue weighted by Crippen LogP contribution is -2.24.